The van der Waals surface area contributed by atoms with Crippen LogP contribution in [0.2, 0.25) is 0 Å². The van der Waals surface area contributed by atoms with Gasteiger partial charge in [-0.2, -0.15) is 0 Å². The normalized spacial score (nSPS) is 11.4. The maximum Gasteiger partial charge on any atom is 0.235 e. The summed E-state index contributed by atoms with van der Waals surface area (Å²) in [5.41, 5.74) is 4.56. The van der Waals surface area contributed by atoms with Gasteiger partial charge in [-0.05, 0) is 31.0 Å². The van der Waals surface area contributed by atoms with Crippen LogP contribution in [-0.4, -0.2) is 14.4 Å². The maximum absolute atomic E-state index is 4.59. The highest BCUT2D eigenvalue weighted by atomic mass is 15.1. The monoisotopic (exact) mass is 225 g/mol. The zero-order valence-electron chi connectivity index (χ0n) is 10.1. The van der Waals surface area contributed by atoms with E-state index in [2.05, 4.69) is 40.3 Å². The molecule has 0 fully saturated rings. The standard InChI is InChI=1S/C14H15N3/c1-3-10-9-11(4-2)17-13-8-6-5-7-12(13)16-14(17)15-10/h5-9H,3-4H2,1-2H3. The molecule has 2 aromatic heterocycles. The van der Waals surface area contributed by atoms with Gasteiger partial charge in [0, 0.05) is 11.4 Å². The van der Waals surface area contributed by atoms with Gasteiger partial charge in [-0.25, -0.2) is 9.97 Å². The number of hydrogen-bond donors (Lipinski definition) is 0. The lowest BCUT2D eigenvalue weighted by atomic mass is 10.2. The number of para-hydroxylation sites is 2. The van der Waals surface area contributed by atoms with Gasteiger partial charge in [0.2, 0.25) is 5.78 Å². The number of imidazole rings is 1. The van der Waals surface area contributed by atoms with Crippen molar-refractivity contribution < 1.29 is 0 Å². The van der Waals surface area contributed by atoms with Gasteiger partial charge in [0.25, 0.3) is 0 Å². The molecule has 0 saturated heterocycles. The zero-order valence-corrected chi connectivity index (χ0v) is 10.1. The minimum atomic E-state index is 0.822. The molecule has 3 heteroatoms. The highest BCUT2D eigenvalue weighted by molar-refractivity contribution is 5.79. The van der Waals surface area contributed by atoms with Crippen molar-refractivity contribution in [3.8, 4) is 0 Å². The van der Waals surface area contributed by atoms with Crippen molar-refractivity contribution in [3.05, 3.63) is 41.7 Å². The van der Waals surface area contributed by atoms with Crippen LogP contribution in [0.1, 0.15) is 25.2 Å². The number of fused-ring (bicyclic) bond motifs is 3. The van der Waals surface area contributed by atoms with Crippen LogP contribution in [0, 0.1) is 0 Å². The highest BCUT2D eigenvalue weighted by Gasteiger charge is 2.09. The van der Waals surface area contributed by atoms with Gasteiger partial charge in [0.15, 0.2) is 0 Å². The maximum atomic E-state index is 4.59. The number of aryl methyl sites for hydroxylation is 2. The van der Waals surface area contributed by atoms with E-state index < -0.39 is 0 Å². The van der Waals surface area contributed by atoms with Gasteiger partial charge < -0.3 is 0 Å². The van der Waals surface area contributed by atoms with Gasteiger partial charge in [-0.3, -0.25) is 4.40 Å². The second-order valence-electron chi connectivity index (χ2n) is 4.18. The van der Waals surface area contributed by atoms with Gasteiger partial charge in [-0.1, -0.05) is 26.0 Å². The quantitative estimate of drug-likeness (QED) is 0.671. The third kappa shape index (κ3) is 1.50. The van der Waals surface area contributed by atoms with Crippen LogP contribution in [0.4, 0.5) is 0 Å². The number of aromatic nitrogens is 3. The smallest absolute Gasteiger partial charge is 0.235 e. The van der Waals surface area contributed by atoms with Crippen LogP contribution in [-0.2, 0) is 12.8 Å². The molecule has 0 spiro atoms. The van der Waals surface area contributed by atoms with Crippen LogP contribution in [0.5, 0.6) is 0 Å². The zero-order chi connectivity index (χ0) is 11.8. The fraction of sp³-hybridized carbons (Fsp3) is 0.286. The summed E-state index contributed by atoms with van der Waals surface area (Å²) in [6.07, 6.45) is 1.94. The Hall–Kier alpha value is -1.90. The van der Waals surface area contributed by atoms with Gasteiger partial charge in [0.05, 0.1) is 11.0 Å². The molecule has 0 bridgehead atoms. The first-order chi connectivity index (χ1) is 8.33. The molecule has 86 valence electrons. The Morgan fingerprint density at radius 3 is 2.65 bits per heavy atom. The Kier molecular flexibility index (Phi) is 2.32. The van der Waals surface area contributed by atoms with Gasteiger partial charge in [0.1, 0.15) is 0 Å². The minimum Gasteiger partial charge on any atom is -0.281 e. The molecule has 2 heterocycles. The van der Waals surface area contributed by atoms with E-state index in [1.165, 1.54) is 5.69 Å². The van der Waals surface area contributed by atoms with E-state index in [9.17, 15) is 0 Å². The summed E-state index contributed by atoms with van der Waals surface area (Å²) < 4.78 is 2.16. The van der Waals surface area contributed by atoms with E-state index in [-0.39, 0.29) is 0 Å². The molecule has 1 aromatic carbocycles. The average Bonchev–Trinajstić information content (AvgIpc) is 2.75. The molecule has 0 amide bonds. The van der Waals surface area contributed by atoms with Crippen molar-refractivity contribution in [2.24, 2.45) is 0 Å². The molecule has 3 aromatic rings. The first-order valence-corrected chi connectivity index (χ1v) is 6.09. The molecule has 0 aliphatic rings. The van der Waals surface area contributed by atoms with Gasteiger partial charge in [-0.15, -0.1) is 0 Å². The number of rotatable bonds is 2. The molecule has 0 aliphatic carbocycles. The predicted molar refractivity (Wildman–Crippen MR) is 69.2 cm³/mol. The summed E-state index contributed by atoms with van der Waals surface area (Å²) in [5, 5.41) is 0. The number of hydrogen-bond acceptors (Lipinski definition) is 2. The Morgan fingerprint density at radius 1 is 1.06 bits per heavy atom. The predicted octanol–water partition coefficient (Wildman–Crippen LogP) is 3.01. The van der Waals surface area contributed by atoms with Crippen LogP contribution in [0.25, 0.3) is 16.8 Å². The topological polar surface area (TPSA) is 30.2 Å². The molecule has 0 unspecified atom stereocenters. The molecule has 0 N–H and O–H groups in total. The van der Waals surface area contributed by atoms with Crippen molar-refractivity contribution in [1.29, 1.82) is 0 Å². The average molecular weight is 225 g/mol. The molecular weight excluding hydrogens is 210 g/mol. The van der Waals surface area contributed by atoms with Gasteiger partial charge >= 0.3 is 0 Å². The molecule has 3 rings (SSSR count). The number of benzene rings is 1. The first-order valence-electron chi connectivity index (χ1n) is 6.09. The van der Waals surface area contributed by atoms with Crippen molar-refractivity contribution in [3.63, 3.8) is 0 Å². The van der Waals surface area contributed by atoms with E-state index in [1.807, 2.05) is 18.2 Å². The summed E-state index contributed by atoms with van der Waals surface area (Å²) in [6.45, 7) is 4.30. The minimum absolute atomic E-state index is 0.822. The van der Waals surface area contributed by atoms with Crippen molar-refractivity contribution in [2.75, 3.05) is 0 Å². The SMILES string of the molecule is CCc1cc(CC)n2c(n1)nc1ccccc12. The van der Waals surface area contributed by atoms with Crippen molar-refractivity contribution in [2.45, 2.75) is 26.7 Å². The lowest BCUT2D eigenvalue weighted by molar-refractivity contribution is 0.926. The molecule has 3 nitrogen and oxygen atoms in total. The Bertz CT molecular complexity index is 682. The first kappa shape index (κ1) is 10.3. The Balaban J connectivity index is 2.47. The lowest BCUT2D eigenvalue weighted by Gasteiger charge is -2.05. The molecule has 0 aliphatic heterocycles. The summed E-state index contributed by atoms with van der Waals surface area (Å²) in [6, 6.07) is 10.4. The highest BCUT2D eigenvalue weighted by Crippen LogP contribution is 2.18. The van der Waals surface area contributed by atoms with Crippen molar-refractivity contribution >= 4 is 16.8 Å². The molecular formula is C14H15N3. The largest absolute Gasteiger partial charge is 0.281 e. The summed E-state index contributed by atoms with van der Waals surface area (Å²) >= 11 is 0. The van der Waals surface area contributed by atoms with E-state index in [0.29, 0.717) is 0 Å². The molecule has 17 heavy (non-hydrogen) atoms. The molecule has 0 atom stereocenters. The van der Waals surface area contributed by atoms with Crippen LogP contribution in [0.15, 0.2) is 30.3 Å². The van der Waals surface area contributed by atoms with E-state index in [4.69, 9.17) is 0 Å². The van der Waals surface area contributed by atoms with Crippen LogP contribution >= 0.6 is 0 Å². The van der Waals surface area contributed by atoms with E-state index in [0.717, 1.165) is 35.3 Å². The fourth-order valence-electron chi connectivity index (χ4n) is 2.23. The Labute approximate surface area is 100 Å². The second kappa shape index (κ2) is 3.84. The Morgan fingerprint density at radius 2 is 1.88 bits per heavy atom. The second-order valence-corrected chi connectivity index (χ2v) is 4.18. The third-order valence-electron chi connectivity index (χ3n) is 3.13. The van der Waals surface area contributed by atoms with Crippen LogP contribution in [0.3, 0.4) is 0 Å². The summed E-state index contributed by atoms with van der Waals surface area (Å²) in [4.78, 5) is 9.18. The summed E-state index contributed by atoms with van der Waals surface area (Å²) in [5.74, 6) is 0.822. The van der Waals surface area contributed by atoms with Crippen LogP contribution < -0.4 is 0 Å². The van der Waals surface area contributed by atoms with Crippen molar-refractivity contribution in [1.82, 2.24) is 14.4 Å². The lowest BCUT2D eigenvalue weighted by Crippen LogP contribution is -2.01. The van der Waals surface area contributed by atoms with E-state index >= 15 is 0 Å². The molecule has 0 radical (unpaired) electrons. The number of nitrogens with zero attached hydrogens (tertiary/aromatic N) is 3. The molecule has 0 saturated carbocycles. The fourth-order valence-corrected chi connectivity index (χ4v) is 2.23. The third-order valence-corrected chi connectivity index (χ3v) is 3.13. The summed E-state index contributed by atoms with van der Waals surface area (Å²) in [7, 11) is 0. The van der Waals surface area contributed by atoms with E-state index in [1.54, 1.807) is 0 Å².